The van der Waals surface area contributed by atoms with Gasteiger partial charge in [-0.3, -0.25) is 0 Å². The van der Waals surface area contributed by atoms with Gasteiger partial charge < -0.3 is 15.4 Å². The van der Waals surface area contributed by atoms with Crippen LogP contribution in [0.1, 0.15) is 6.92 Å². The van der Waals surface area contributed by atoms with Crippen LogP contribution in [0.4, 0.5) is 0 Å². The van der Waals surface area contributed by atoms with Crippen molar-refractivity contribution >= 4 is 22.1 Å². The van der Waals surface area contributed by atoms with Crippen molar-refractivity contribution in [2.24, 2.45) is 0 Å². The Morgan fingerprint density at radius 2 is 2.00 bits per heavy atom. The van der Waals surface area contributed by atoms with Crippen LogP contribution in [0.3, 0.4) is 0 Å². The Labute approximate surface area is 51.7 Å². The maximum atomic E-state index is 3.09. The van der Waals surface area contributed by atoms with E-state index >= 15 is 0 Å². The molecule has 3 N–H and O–H groups in total. The van der Waals surface area contributed by atoms with E-state index in [1.807, 2.05) is 15.1 Å². The van der Waals surface area contributed by atoms with E-state index in [2.05, 4.69) is 22.3 Å². The van der Waals surface area contributed by atoms with Crippen molar-refractivity contribution in [3.8, 4) is 0 Å². The van der Waals surface area contributed by atoms with Gasteiger partial charge in [0.15, 0.2) is 0 Å². The van der Waals surface area contributed by atoms with Crippen LogP contribution in [0.25, 0.3) is 0 Å². The molecule has 0 bridgehead atoms. The van der Waals surface area contributed by atoms with Gasteiger partial charge in [0.1, 0.15) is 0 Å². The molecule has 1 fully saturated rings. The highest BCUT2D eigenvalue weighted by atomic mass is 15.0. The summed E-state index contributed by atoms with van der Waals surface area (Å²) in [4.78, 5) is 0. The summed E-state index contributed by atoms with van der Waals surface area (Å²) in [5.41, 5.74) is 0. The van der Waals surface area contributed by atoms with Gasteiger partial charge in [-0.05, 0) is 6.32 Å². The minimum Gasteiger partial charge on any atom is -0.379 e. The largest absolute Gasteiger partial charge is 0.379 e. The minimum absolute atomic E-state index is 0.413. The van der Waals surface area contributed by atoms with E-state index in [-0.39, 0.29) is 0 Å². The zero-order valence-electron chi connectivity index (χ0n) is 4.94. The quantitative estimate of drug-likeness (QED) is 0.351. The summed E-state index contributed by atoms with van der Waals surface area (Å²) in [5, 5.41) is 9.06. The molecule has 0 aromatic heterocycles. The molecule has 1 saturated heterocycles. The van der Waals surface area contributed by atoms with Crippen LogP contribution in [0.2, 0.25) is 6.32 Å². The highest BCUT2D eigenvalue weighted by molar-refractivity contribution is 6.75. The van der Waals surface area contributed by atoms with Gasteiger partial charge >= 0.3 is 0 Å². The van der Waals surface area contributed by atoms with E-state index in [0.717, 1.165) is 6.32 Å². The zero-order valence-corrected chi connectivity index (χ0v) is 4.94. The Hall–Kier alpha value is 0.0748. The summed E-state index contributed by atoms with van der Waals surface area (Å²) >= 11 is 0. The fraction of sp³-hybridized carbons (Fsp3) is 1.00. The lowest BCUT2D eigenvalue weighted by atomic mass is 9.63. The molecule has 0 unspecified atom stereocenters. The van der Waals surface area contributed by atoms with Crippen LogP contribution in [0, 0.1) is 0 Å². The SMILES string of the molecule is CCB1N[B]N[B]N1. The molecule has 1 rings (SSSR count). The average molecular weight is 107 g/mol. The van der Waals surface area contributed by atoms with Crippen molar-refractivity contribution in [2.45, 2.75) is 13.2 Å². The first-order chi connectivity index (χ1) is 3.93. The molecule has 0 aromatic rings. The maximum absolute atomic E-state index is 3.09. The fourth-order valence-electron chi connectivity index (χ4n) is 0.623. The molecule has 8 heavy (non-hydrogen) atoms. The molecular weight excluding hydrogens is 98.5 g/mol. The summed E-state index contributed by atoms with van der Waals surface area (Å²) in [6, 6.07) is 0. The van der Waals surface area contributed by atoms with E-state index in [1.165, 1.54) is 0 Å². The van der Waals surface area contributed by atoms with Gasteiger partial charge in [0.25, 0.3) is 22.1 Å². The molecule has 1 heterocycles. The van der Waals surface area contributed by atoms with Crippen LogP contribution in [-0.2, 0) is 0 Å². The number of hydrogen-bond acceptors (Lipinski definition) is 3. The zero-order chi connectivity index (χ0) is 5.82. The lowest BCUT2D eigenvalue weighted by Crippen LogP contribution is -2.63. The van der Waals surface area contributed by atoms with Crippen molar-refractivity contribution in [3.05, 3.63) is 0 Å². The molecule has 1 aliphatic heterocycles. The molecule has 2 radical (unpaired) electrons. The van der Waals surface area contributed by atoms with E-state index in [0.29, 0.717) is 6.98 Å². The molecule has 6 heteroatoms. The lowest BCUT2D eigenvalue weighted by Gasteiger charge is -2.18. The predicted molar refractivity (Wildman–Crippen MR) is 37.2 cm³/mol. The van der Waals surface area contributed by atoms with Crippen molar-refractivity contribution < 1.29 is 0 Å². The van der Waals surface area contributed by atoms with Crippen LogP contribution in [0.15, 0.2) is 0 Å². The van der Waals surface area contributed by atoms with Crippen LogP contribution in [-0.4, -0.2) is 22.1 Å². The van der Waals surface area contributed by atoms with E-state index in [4.69, 9.17) is 0 Å². The van der Waals surface area contributed by atoms with Gasteiger partial charge in [0, 0.05) is 0 Å². The first kappa shape index (κ1) is 6.20. The minimum atomic E-state index is 0.413. The van der Waals surface area contributed by atoms with Gasteiger partial charge in [0.2, 0.25) is 0 Å². The second kappa shape index (κ2) is 3.17. The molecule has 1 aliphatic rings. The van der Waals surface area contributed by atoms with Gasteiger partial charge in [-0.2, -0.15) is 0 Å². The highest BCUT2D eigenvalue weighted by Crippen LogP contribution is 1.79. The van der Waals surface area contributed by atoms with Crippen LogP contribution >= 0.6 is 0 Å². The first-order valence-corrected chi connectivity index (χ1v) is 2.85. The van der Waals surface area contributed by atoms with E-state index < -0.39 is 0 Å². The molecule has 0 spiro atoms. The van der Waals surface area contributed by atoms with Gasteiger partial charge in [-0.25, -0.2) is 0 Å². The third-order valence-electron chi connectivity index (χ3n) is 1.14. The summed E-state index contributed by atoms with van der Waals surface area (Å²) in [6.45, 7) is 2.54. The fourth-order valence-corrected chi connectivity index (χ4v) is 0.623. The second-order valence-corrected chi connectivity index (χ2v) is 1.75. The van der Waals surface area contributed by atoms with E-state index in [9.17, 15) is 0 Å². The maximum Gasteiger partial charge on any atom is 0.284 e. The van der Waals surface area contributed by atoms with Crippen molar-refractivity contribution in [3.63, 3.8) is 0 Å². The highest BCUT2D eigenvalue weighted by Gasteiger charge is 2.14. The molecule has 0 atom stereocenters. The van der Waals surface area contributed by atoms with Gasteiger partial charge in [0.05, 0.1) is 0 Å². The monoisotopic (exact) mass is 107 g/mol. The molecule has 0 aliphatic carbocycles. The molecule has 0 aromatic carbocycles. The second-order valence-electron chi connectivity index (χ2n) is 1.75. The third kappa shape index (κ3) is 1.54. The molecule has 40 valence electrons. The number of nitrogens with one attached hydrogen (secondary N) is 3. The van der Waals surface area contributed by atoms with Gasteiger partial charge in [-0.15, -0.1) is 0 Å². The average Bonchev–Trinajstić information content (AvgIpc) is 1.90. The van der Waals surface area contributed by atoms with Crippen molar-refractivity contribution in [1.29, 1.82) is 0 Å². The van der Waals surface area contributed by atoms with Crippen LogP contribution < -0.4 is 15.4 Å². The summed E-state index contributed by atoms with van der Waals surface area (Å²) in [5.74, 6) is 0. The number of rotatable bonds is 1. The normalized spacial score (nSPS) is 19.4. The van der Waals surface area contributed by atoms with E-state index in [1.54, 1.807) is 0 Å². The van der Waals surface area contributed by atoms with Crippen LogP contribution in [0.5, 0.6) is 0 Å². The Bertz CT molecular complexity index is 63.5. The predicted octanol–water partition coefficient (Wildman–Crippen LogP) is -1.65. The van der Waals surface area contributed by atoms with Crippen molar-refractivity contribution in [1.82, 2.24) is 15.4 Å². The number of hydrogen-bond donors (Lipinski definition) is 3. The first-order valence-electron chi connectivity index (χ1n) is 2.85. The Morgan fingerprint density at radius 3 is 2.38 bits per heavy atom. The van der Waals surface area contributed by atoms with Gasteiger partial charge in [-0.1, -0.05) is 6.92 Å². The molecule has 0 amide bonds. The lowest BCUT2D eigenvalue weighted by molar-refractivity contribution is 1.18. The summed E-state index contributed by atoms with van der Waals surface area (Å²) in [6.07, 6.45) is 1.09. The molecule has 3 nitrogen and oxygen atoms in total. The topological polar surface area (TPSA) is 36.1 Å². The standard InChI is InChI=1S/C2H8B3N3/c1-2-5-7-3-6-4-8-5/h6-8H,2H2,1H3. The third-order valence-corrected chi connectivity index (χ3v) is 1.14. The Balaban J connectivity index is 2.13. The smallest absolute Gasteiger partial charge is 0.284 e. The Kier molecular flexibility index (Phi) is 2.46. The molecular formula is C2H8B3N3. The molecule has 0 saturated carbocycles. The summed E-state index contributed by atoms with van der Waals surface area (Å²) in [7, 11) is 3.65. The van der Waals surface area contributed by atoms with Crippen molar-refractivity contribution in [2.75, 3.05) is 0 Å². The summed E-state index contributed by atoms with van der Waals surface area (Å²) < 4.78 is 0. The Morgan fingerprint density at radius 1 is 1.38 bits per heavy atom.